The molecule has 1 aliphatic carbocycles. The number of carbonyl (C=O) groups is 1. The largest absolute Gasteiger partial charge is 0.365 e. The van der Waals surface area contributed by atoms with Crippen LogP contribution >= 0.6 is 11.3 Å². The van der Waals surface area contributed by atoms with Gasteiger partial charge < -0.3 is 5.73 Å². The van der Waals surface area contributed by atoms with Crippen LogP contribution in [0.25, 0.3) is 0 Å². The lowest BCUT2D eigenvalue weighted by molar-refractivity contribution is 0.100. The van der Waals surface area contributed by atoms with Crippen molar-refractivity contribution in [2.24, 2.45) is 11.7 Å². The number of aromatic nitrogens is 1. The van der Waals surface area contributed by atoms with Crippen molar-refractivity contribution in [3.63, 3.8) is 0 Å². The number of rotatable bonds is 3. The number of nitrogens with two attached hydrogens (primary N) is 1. The van der Waals surface area contributed by atoms with Gasteiger partial charge in [-0.05, 0) is 18.8 Å². The molecule has 1 aromatic rings. The van der Waals surface area contributed by atoms with Gasteiger partial charge in [-0.15, -0.1) is 11.3 Å². The van der Waals surface area contributed by atoms with E-state index in [1.807, 2.05) is 0 Å². The molecule has 4 heteroatoms. The van der Waals surface area contributed by atoms with Crippen molar-refractivity contribution in [2.75, 3.05) is 0 Å². The minimum Gasteiger partial charge on any atom is -0.365 e. The second-order valence-electron chi connectivity index (χ2n) is 3.13. The van der Waals surface area contributed by atoms with Crippen molar-refractivity contribution in [1.82, 2.24) is 4.98 Å². The van der Waals surface area contributed by atoms with E-state index < -0.39 is 0 Å². The Balaban J connectivity index is 2.06. The Kier molecular flexibility index (Phi) is 1.84. The first-order chi connectivity index (χ1) is 5.75. The lowest BCUT2D eigenvalue weighted by atomic mass is 10.3. The standard InChI is InChI=1S/C8H10N2OS/c9-8(11)6-4-10-7(12-6)3-5-1-2-5/h4-5H,1-3H2,(H2,9,11). The van der Waals surface area contributed by atoms with Crippen LogP contribution in [0.2, 0.25) is 0 Å². The molecule has 0 unspecified atom stereocenters. The van der Waals surface area contributed by atoms with Crippen LogP contribution < -0.4 is 5.73 Å². The summed E-state index contributed by atoms with van der Waals surface area (Å²) in [5.41, 5.74) is 5.11. The molecule has 1 fully saturated rings. The van der Waals surface area contributed by atoms with Crippen molar-refractivity contribution in [3.05, 3.63) is 16.1 Å². The Hall–Kier alpha value is -0.900. The van der Waals surface area contributed by atoms with Gasteiger partial charge in [0.25, 0.3) is 5.91 Å². The summed E-state index contributed by atoms with van der Waals surface area (Å²) in [7, 11) is 0. The van der Waals surface area contributed by atoms with Crippen LogP contribution in [-0.4, -0.2) is 10.9 Å². The molecule has 1 aromatic heterocycles. The lowest BCUT2D eigenvalue weighted by Crippen LogP contribution is -2.08. The number of thiazole rings is 1. The first-order valence-corrected chi connectivity index (χ1v) is 4.82. The van der Waals surface area contributed by atoms with E-state index in [0.29, 0.717) is 4.88 Å². The van der Waals surface area contributed by atoms with E-state index in [1.165, 1.54) is 24.2 Å². The molecule has 2 rings (SSSR count). The van der Waals surface area contributed by atoms with Crippen molar-refractivity contribution in [3.8, 4) is 0 Å². The fourth-order valence-electron chi connectivity index (χ4n) is 1.09. The maximum atomic E-state index is 10.7. The molecule has 0 aromatic carbocycles. The normalized spacial score (nSPS) is 16.3. The highest BCUT2D eigenvalue weighted by atomic mass is 32.1. The molecule has 0 spiro atoms. The zero-order chi connectivity index (χ0) is 8.55. The summed E-state index contributed by atoms with van der Waals surface area (Å²) in [5.74, 6) is 0.450. The smallest absolute Gasteiger partial charge is 0.260 e. The minimum atomic E-state index is -0.366. The average molecular weight is 182 g/mol. The molecule has 1 aliphatic rings. The van der Waals surface area contributed by atoms with E-state index in [2.05, 4.69) is 4.98 Å². The highest BCUT2D eigenvalue weighted by molar-refractivity contribution is 7.13. The van der Waals surface area contributed by atoms with Gasteiger partial charge in [0, 0.05) is 6.42 Å². The second kappa shape index (κ2) is 2.86. The maximum absolute atomic E-state index is 10.7. The van der Waals surface area contributed by atoms with E-state index in [9.17, 15) is 4.79 Å². The summed E-state index contributed by atoms with van der Waals surface area (Å²) in [4.78, 5) is 15.4. The van der Waals surface area contributed by atoms with Gasteiger partial charge in [-0.25, -0.2) is 4.98 Å². The van der Waals surface area contributed by atoms with Gasteiger partial charge in [0.1, 0.15) is 4.88 Å². The molecule has 12 heavy (non-hydrogen) atoms. The number of nitrogens with zero attached hydrogens (tertiary/aromatic N) is 1. The summed E-state index contributed by atoms with van der Waals surface area (Å²) in [6.45, 7) is 0. The van der Waals surface area contributed by atoms with Gasteiger partial charge in [0.15, 0.2) is 0 Å². The van der Waals surface area contributed by atoms with Gasteiger partial charge in [0.2, 0.25) is 0 Å². The molecule has 1 heterocycles. The van der Waals surface area contributed by atoms with Crippen LogP contribution in [0.5, 0.6) is 0 Å². The SMILES string of the molecule is NC(=O)c1cnc(CC2CC2)s1. The van der Waals surface area contributed by atoms with Crippen molar-refractivity contribution in [1.29, 1.82) is 0 Å². The Morgan fingerprint density at radius 3 is 3.00 bits per heavy atom. The molecule has 64 valence electrons. The highest BCUT2D eigenvalue weighted by Gasteiger charge is 2.23. The van der Waals surface area contributed by atoms with Crippen molar-refractivity contribution in [2.45, 2.75) is 19.3 Å². The molecule has 0 bridgehead atoms. The summed E-state index contributed by atoms with van der Waals surface area (Å²) >= 11 is 1.42. The number of hydrogen-bond donors (Lipinski definition) is 1. The van der Waals surface area contributed by atoms with Crippen LogP contribution in [-0.2, 0) is 6.42 Å². The fraction of sp³-hybridized carbons (Fsp3) is 0.500. The molecule has 1 amide bonds. The first kappa shape index (κ1) is 7.73. The summed E-state index contributed by atoms with van der Waals surface area (Å²) in [6, 6.07) is 0. The molecular weight excluding hydrogens is 172 g/mol. The fourth-order valence-corrected chi connectivity index (χ4v) is 1.97. The summed E-state index contributed by atoms with van der Waals surface area (Å²) in [6.07, 6.45) is 5.22. The summed E-state index contributed by atoms with van der Waals surface area (Å²) < 4.78 is 0. The minimum absolute atomic E-state index is 0.366. The van der Waals surface area contributed by atoms with Gasteiger partial charge >= 0.3 is 0 Å². The molecule has 2 N–H and O–H groups in total. The van der Waals surface area contributed by atoms with E-state index in [-0.39, 0.29) is 5.91 Å². The third kappa shape index (κ3) is 1.64. The summed E-state index contributed by atoms with van der Waals surface area (Å²) in [5, 5.41) is 1.05. The second-order valence-corrected chi connectivity index (χ2v) is 4.25. The molecule has 1 saturated carbocycles. The van der Waals surface area contributed by atoms with Gasteiger partial charge in [-0.1, -0.05) is 0 Å². The maximum Gasteiger partial charge on any atom is 0.260 e. The predicted octanol–water partition coefficient (Wildman–Crippen LogP) is 1.19. The van der Waals surface area contributed by atoms with Crippen LogP contribution in [0.3, 0.4) is 0 Å². The third-order valence-electron chi connectivity index (χ3n) is 1.96. The van der Waals surface area contributed by atoms with Crippen LogP contribution in [0.4, 0.5) is 0 Å². The predicted molar refractivity (Wildman–Crippen MR) is 47.1 cm³/mol. The van der Waals surface area contributed by atoms with Crippen molar-refractivity contribution < 1.29 is 4.79 Å². The Morgan fingerprint density at radius 1 is 1.75 bits per heavy atom. The van der Waals surface area contributed by atoms with E-state index in [0.717, 1.165) is 17.3 Å². The molecule has 0 atom stereocenters. The Morgan fingerprint density at radius 2 is 2.50 bits per heavy atom. The molecule has 0 radical (unpaired) electrons. The van der Waals surface area contributed by atoms with Crippen LogP contribution in [0.1, 0.15) is 27.5 Å². The Bertz CT molecular complexity index is 304. The average Bonchev–Trinajstić information content (AvgIpc) is 2.66. The first-order valence-electron chi connectivity index (χ1n) is 4.00. The quantitative estimate of drug-likeness (QED) is 0.763. The highest BCUT2D eigenvalue weighted by Crippen LogP contribution is 2.33. The Labute approximate surface area is 74.6 Å². The van der Waals surface area contributed by atoms with E-state index in [4.69, 9.17) is 5.73 Å². The van der Waals surface area contributed by atoms with E-state index >= 15 is 0 Å². The molecule has 3 nitrogen and oxygen atoms in total. The zero-order valence-corrected chi connectivity index (χ0v) is 7.43. The number of primary amides is 1. The van der Waals surface area contributed by atoms with E-state index in [1.54, 1.807) is 6.20 Å². The van der Waals surface area contributed by atoms with Crippen LogP contribution in [0.15, 0.2) is 6.20 Å². The van der Waals surface area contributed by atoms with Crippen molar-refractivity contribution >= 4 is 17.2 Å². The zero-order valence-electron chi connectivity index (χ0n) is 6.62. The molecule has 0 saturated heterocycles. The van der Waals surface area contributed by atoms with Gasteiger partial charge in [0.05, 0.1) is 11.2 Å². The molecular formula is C8H10N2OS. The van der Waals surface area contributed by atoms with Crippen LogP contribution in [0, 0.1) is 5.92 Å². The third-order valence-corrected chi connectivity index (χ3v) is 2.99. The van der Waals surface area contributed by atoms with Gasteiger partial charge in [-0.2, -0.15) is 0 Å². The van der Waals surface area contributed by atoms with Gasteiger partial charge in [-0.3, -0.25) is 4.79 Å². The number of hydrogen-bond acceptors (Lipinski definition) is 3. The monoisotopic (exact) mass is 182 g/mol. The number of amides is 1. The topological polar surface area (TPSA) is 56.0 Å². The number of carbonyl (C=O) groups excluding carboxylic acids is 1. The molecule has 0 aliphatic heterocycles. The lowest BCUT2D eigenvalue weighted by Gasteiger charge is -1.88.